The maximum atomic E-state index is 5.98. The lowest BCUT2D eigenvalue weighted by Crippen LogP contribution is -2.20. The Morgan fingerprint density at radius 1 is 1.05 bits per heavy atom. The first-order chi connectivity index (χ1) is 10.3. The van der Waals surface area contributed by atoms with Crippen molar-refractivity contribution in [1.82, 2.24) is 5.32 Å². The van der Waals surface area contributed by atoms with Crippen molar-refractivity contribution >= 4 is 0 Å². The second-order valence-corrected chi connectivity index (χ2v) is 6.09. The average Bonchev–Trinajstić information content (AvgIpc) is 3.27. The van der Waals surface area contributed by atoms with Crippen LogP contribution in [0.3, 0.4) is 0 Å². The molecule has 0 amide bonds. The fourth-order valence-corrected chi connectivity index (χ4v) is 2.59. The summed E-state index contributed by atoms with van der Waals surface area (Å²) in [6.07, 6.45) is 6.45. The van der Waals surface area contributed by atoms with Gasteiger partial charge in [-0.05, 0) is 49.3 Å². The molecular weight excluding hydrogens is 266 g/mol. The molecule has 0 spiro atoms. The monoisotopic (exact) mass is 291 g/mol. The van der Waals surface area contributed by atoms with Crippen molar-refractivity contribution in [2.45, 2.75) is 44.7 Å². The Kier molecular flexibility index (Phi) is 4.54. The normalized spacial score (nSPS) is 18.2. The molecule has 21 heavy (non-hydrogen) atoms. The zero-order valence-corrected chi connectivity index (χ0v) is 13.0. The molecule has 0 aliphatic heterocycles. The molecule has 2 aliphatic carbocycles. The summed E-state index contributed by atoms with van der Waals surface area (Å²) in [5.74, 6) is 2.96. The van der Waals surface area contributed by atoms with Crippen molar-refractivity contribution in [3.8, 4) is 17.2 Å². The van der Waals surface area contributed by atoms with Gasteiger partial charge in [0.15, 0.2) is 11.5 Å². The molecule has 4 nitrogen and oxygen atoms in total. The van der Waals surface area contributed by atoms with Crippen molar-refractivity contribution in [2.75, 3.05) is 20.8 Å². The van der Waals surface area contributed by atoms with Gasteiger partial charge in [0.25, 0.3) is 0 Å². The van der Waals surface area contributed by atoms with Crippen LogP contribution >= 0.6 is 0 Å². The summed E-state index contributed by atoms with van der Waals surface area (Å²) in [5.41, 5.74) is 1.17. The highest BCUT2D eigenvalue weighted by molar-refractivity contribution is 5.53. The third kappa shape index (κ3) is 3.62. The average molecular weight is 291 g/mol. The molecule has 3 rings (SSSR count). The number of rotatable bonds is 8. The van der Waals surface area contributed by atoms with Gasteiger partial charge in [0.2, 0.25) is 5.75 Å². The summed E-state index contributed by atoms with van der Waals surface area (Å²) in [6.45, 7) is 1.60. The van der Waals surface area contributed by atoms with Gasteiger partial charge in [0.1, 0.15) is 0 Å². The minimum absolute atomic E-state index is 0.690. The quantitative estimate of drug-likeness (QED) is 0.799. The highest BCUT2D eigenvalue weighted by Gasteiger charge is 2.22. The van der Waals surface area contributed by atoms with Gasteiger partial charge in [-0.3, -0.25) is 0 Å². The summed E-state index contributed by atoms with van der Waals surface area (Å²) in [5, 5.41) is 3.51. The van der Waals surface area contributed by atoms with Gasteiger partial charge in [-0.1, -0.05) is 6.42 Å². The lowest BCUT2D eigenvalue weighted by atomic mass is 9.86. The predicted molar refractivity (Wildman–Crippen MR) is 82.2 cm³/mol. The van der Waals surface area contributed by atoms with Crippen LogP contribution in [0.5, 0.6) is 17.2 Å². The number of hydrogen-bond acceptors (Lipinski definition) is 4. The number of benzene rings is 1. The van der Waals surface area contributed by atoms with Gasteiger partial charge in [-0.15, -0.1) is 0 Å². The van der Waals surface area contributed by atoms with Crippen molar-refractivity contribution in [3.05, 3.63) is 17.7 Å². The molecule has 4 heteroatoms. The Balaban J connectivity index is 1.71. The first kappa shape index (κ1) is 14.5. The zero-order chi connectivity index (χ0) is 14.7. The molecule has 0 heterocycles. The maximum absolute atomic E-state index is 5.98. The molecule has 0 aromatic heterocycles. The molecule has 0 radical (unpaired) electrons. The lowest BCUT2D eigenvalue weighted by Gasteiger charge is -2.26. The molecule has 1 aromatic rings. The first-order valence-corrected chi connectivity index (χ1v) is 7.91. The highest BCUT2D eigenvalue weighted by atomic mass is 16.5. The van der Waals surface area contributed by atoms with Crippen molar-refractivity contribution in [3.63, 3.8) is 0 Å². The van der Waals surface area contributed by atoms with E-state index in [1.54, 1.807) is 14.2 Å². The summed E-state index contributed by atoms with van der Waals surface area (Å²) in [7, 11) is 3.37. The minimum atomic E-state index is 0.690. The van der Waals surface area contributed by atoms with Crippen LogP contribution in [0.1, 0.15) is 37.7 Å². The van der Waals surface area contributed by atoms with Crippen LogP contribution in [-0.4, -0.2) is 26.9 Å². The van der Waals surface area contributed by atoms with E-state index in [1.165, 1.54) is 37.7 Å². The van der Waals surface area contributed by atoms with E-state index in [0.29, 0.717) is 12.0 Å². The Hall–Kier alpha value is -1.42. The SMILES string of the molecule is COc1cc(CNC2CC2)cc(OC)c1OCC1CCC1. The van der Waals surface area contributed by atoms with Gasteiger partial charge in [-0.25, -0.2) is 0 Å². The Bertz CT molecular complexity index is 456. The Morgan fingerprint density at radius 3 is 2.19 bits per heavy atom. The predicted octanol–water partition coefficient (Wildman–Crippen LogP) is 3.13. The summed E-state index contributed by atoms with van der Waals surface area (Å²) < 4.78 is 17.0. The van der Waals surface area contributed by atoms with E-state index in [2.05, 4.69) is 5.32 Å². The first-order valence-electron chi connectivity index (χ1n) is 7.91. The summed E-state index contributed by atoms with van der Waals surface area (Å²) in [6, 6.07) is 4.79. The summed E-state index contributed by atoms with van der Waals surface area (Å²) >= 11 is 0. The number of methoxy groups -OCH3 is 2. The molecule has 0 bridgehead atoms. The summed E-state index contributed by atoms with van der Waals surface area (Å²) in [4.78, 5) is 0. The molecule has 2 aliphatic rings. The topological polar surface area (TPSA) is 39.7 Å². The molecule has 0 saturated heterocycles. The second kappa shape index (κ2) is 6.56. The van der Waals surface area contributed by atoms with Gasteiger partial charge in [-0.2, -0.15) is 0 Å². The third-order valence-corrected chi connectivity index (χ3v) is 4.38. The van der Waals surface area contributed by atoms with Crippen LogP contribution in [0.25, 0.3) is 0 Å². The fourth-order valence-electron chi connectivity index (χ4n) is 2.59. The molecule has 1 N–H and O–H groups in total. The molecule has 116 valence electrons. The molecule has 0 unspecified atom stereocenters. The lowest BCUT2D eigenvalue weighted by molar-refractivity contribution is 0.171. The van der Waals surface area contributed by atoms with Crippen LogP contribution in [0, 0.1) is 5.92 Å². The Morgan fingerprint density at radius 2 is 1.71 bits per heavy atom. The number of nitrogens with one attached hydrogen (secondary N) is 1. The zero-order valence-electron chi connectivity index (χ0n) is 13.0. The Labute approximate surface area is 126 Å². The molecular formula is C17H25NO3. The van der Waals surface area contributed by atoms with E-state index >= 15 is 0 Å². The molecule has 0 atom stereocenters. The van der Waals surface area contributed by atoms with E-state index in [1.807, 2.05) is 12.1 Å². The third-order valence-electron chi connectivity index (χ3n) is 4.38. The smallest absolute Gasteiger partial charge is 0.203 e. The minimum Gasteiger partial charge on any atom is -0.493 e. The van der Waals surface area contributed by atoms with Gasteiger partial charge >= 0.3 is 0 Å². The van der Waals surface area contributed by atoms with E-state index in [-0.39, 0.29) is 0 Å². The number of hydrogen-bond donors (Lipinski definition) is 1. The molecule has 2 saturated carbocycles. The van der Waals surface area contributed by atoms with E-state index in [9.17, 15) is 0 Å². The van der Waals surface area contributed by atoms with E-state index in [4.69, 9.17) is 14.2 Å². The van der Waals surface area contributed by atoms with Crippen LogP contribution in [0.15, 0.2) is 12.1 Å². The van der Waals surface area contributed by atoms with Crippen molar-refractivity contribution < 1.29 is 14.2 Å². The number of ether oxygens (including phenoxy) is 3. The van der Waals surface area contributed by atoms with Gasteiger partial charge < -0.3 is 19.5 Å². The van der Waals surface area contributed by atoms with Crippen LogP contribution < -0.4 is 19.5 Å². The van der Waals surface area contributed by atoms with Crippen LogP contribution in [-0.2, 0) is 6.54 Å². The van der Waals surface area contributed by atoms with Crippen molar-refractivity contribution in [2.24, 2.45) is 5.92 Å². The fraction of sp³-hybridized carbons (Fsp3) is 0.647. The van der Waals surface area contributed by atoms with Crippen LogP contribution in [0.4, 0.5) is 0 Å². The van der Waals surface area contributed by atoms with Crippen LogP contribution in [0.2, 0.25) is 0 Å². The largest absolute Gasteiger partial charge is 0.493 e. The van der Waals surface area contributed by atoms with Crippen molar-refractivity contribution in [1.29, 1.82) is 0 Å². The second-order valence-electron chi connectivity index (χ2n) is 6.09. The maximum Gasteiger partial charge on any atom is 0.203 e. The van der Waals surface area contributed by atoms with Gasteiger partial charge in [0, 0.05) is 12.6 Å². The van der Waals surface area contributed by atoms with E-state index in [0.717, 1.165) is 30.4 Å². The molecule has 2 fully saturated rings. The highest BCUT2D eigenvalue weighted by Crippen LogP contribution is 2.40. The standard InChI is InChI=1S/C17H25NO3/c1-19-15-8-13(10-18-14-6-7-14)9-16(20-2)17(15)21-11-12-4-3-5-12/h8-9,12,14,18H,3-7,10-11H2,1-2H3. The molecule has 1 aromatic carbocycles. The van der Waals surface area contributed by atoms with E-state index < -0.39 is 0 Å². The van der Waals surface area contributed by atoms with Gasteiger partial charge in [0.05, 0.1) is 20.8 Å².